The third kappa shape index (κ3) is 6.80. The molecule has 1 saturated heterocycles. The highest BCUT2D eigenvalue weighted by molar-refractivity contribution is 8.00. The second-order valence-electron chi connectivity index (χ2n) is 8.65. The number of allylic oxidation sites excluding steroid dienone is 1. The van der Waals surface area contributed by atoms with Crippen molar-refractivity contribution >= 4 is 75.6 Å². The van der Waals surface area contributed by atoms with Crippen molar-refractivity contribution in [1.82, 2.24) is 20.4 Å². The third-order valence-corrected chi connectivity index (χ3v) is 7.53. The summed E-state index contributed by atoms with van der Waals surface area (Å²) in [5, 5.41) is 19.4. The molecule has 0 bridgehead atoms. The van der Waals surface area contributed by atoms with E-state index in [1.165, 1.54) is 42.3 Å². The van der Waals surface area contributed by atoms with E-state index in [0.29, 0.717) is 5.57 Å². The van der Waals surface area contributed by atoms with Gasteiger partial charge >= 0.3 is 12.1 Å². The van der Waals surface area contributed by atoms with Crippen LogP contribution in [0.1, 0.15) is 32.2 Å². The van der Waals surface area contributed by atoms with E-state index in [0.717, 1.165) is 16.2 Å². The number of carbonyl (C=O) groups is 4. The second kappa shape index (κ2) is 12.6. The van der Waals surface area contributed by atoms with E-state index in [2.05, 4.69) is 20.6 Å². The number of hydrogen-bond donors (Lipinski definition) is 3. The fourth-order valence-electron chi connectivity index (χ4n) is 3.69. The van der Waals surface area contributed by atoms with Gasteiger partial charge in [-0.3, -0.25) is 14.5 Å². The summed E-state index contributed by atoms with van der Waals surface area (Å²) < 4.78 is 20.2. The van der Waals surface area contributed by atoms with Gasteiger partial charge in [0.15, 0.2) is 21.8 Å². The number of esters is 1. The molecule has 0 radical (unpaired) electrons. The molecule has 15 nitrogen and oxygen atoms in total. The minimum Gasteiger partial charge on any atom is -0.431 e. The molecular weight excluding hydrogens is 604 g/mol. The zero-order chi connectivity index (χ0) is 29.8. The first kappa shape index (κ1) is 29.9. The summed E-state index contributed by atoms with van der Waals surface area (Å²) in [4.78, 5) is 56.2. The first-order valence-electron chi connectivity index (χ1n) is 11.8. The Balaban J connectivity index is 1.55. The van der Waals surface area contributed by atoms with Crippen molar-refractivity contribution in [3.05, 3.63) is 45.4 Å². The number of halogens is 1. The largest absolute Gasteiger partial charge is 0.511 e. The van der Waals surface area contributed by atoms with E-state index >= 15 is 0 Å². The molecule has 2 amide bonds. The summed E-state index contributed by atoms with van der Waals surface area (Å²) in [5.41, 5.74) is 5.42. The monoisotopic (exact) mass is 626 g/mol. The minimum absolute atomic E-state index is 0.0292. The molecule has 0 aliphatic carbocycles. The van der Waals surface area contributed by atoms with E-state index in [9.17, 15) is 24.4 Å². The van der Waals surface area contributed by atoms with E-state index in [4.69, 9.17) is 36.1 Å². The molecule has 4 heterocycles. The Morgan fingerprint density at radius 1 is 1.29 bits per heavy atom. The van der Waals surface area contributed by atoms with Crippen molar-refractivity contribution in [1.29, 1.82) is 0 Å². The number of fused-ring (bicyclic) bond motifs is 1. The predicted molar refractivity (Wildman–Crippen MR) is 146 cm³/mol. The van der Waals surface area contributed by atoms with Gasteiger partial charge in [-0.15, -0.1) is 23.1 Å². The third-order valence-electron chi connectivity index (χ3n) is 5.37. The molecule has 18 heteroatoms. The fraction of sp³-hybridized carbons (Fsp3) is 0.348. The Morgan fingerprint density at radius 3 is 2.66 bits per heavy atom. The molecule has 218 valence electrons. The number of nitrogens with one attached hydrogen (secondary N) is 1. The number of carbonyl (C=O) groups excluding carboxylic acids is 4. The van der Waals surface area contributed by atoms with Crippen molar-refractivity contribution in [3.63, 3.8) is 0 Å². The highest BCUT2D eigenvalue weighted by Crippen LogP contribution is 2.41. The fourth-order valence-corrected chi connectivity index (χ4v) is 5.70. The van der Waals surface area contributed by atoms with Crippen LogP contribution in [0.2, 0.25) is 5.15 Å². The van der Waals surface area contributed by atoms with Crippen molar-refractivity contribution < 1.29 is 43.1 Å². The predicted octanol–water partition coefficient (Wildman–Crippen LogP) is 2.36. The zero-order valence-electron chi connectivity index (χ0n) is 21.6. The van der Waals surface area contributed by atoms with Crippen LogP contribution >= 0.6 is 34.7 Å². The number of thiazole rings is 1. The van der Waals surface area contributed by atoms with Gasteiger partial charge in [0.1, 0.15) is 22.8 Å². The molecule has 4 rings (SSSR count). The quantitative estimate of drug-likeness (QED) is 0.0912. The maximum atomic E-state index is 13.3. The Morgan fingerprint density at radius 2 is 2.05 bits per heavy atom. The van der Waals surface area contributed by atoms with E-state index in [1.807, 2.05) is 0 Å². The van der Waals surface area contributed by atoms with Crippen LogP contribution in [0, 0.1) is 0 Å². The van der Waals surface area contributed by atoms with Gasteiger partial charge in [-0.05, 0) is 25.5 Å². The molecular formula is C23H23ClN6O9S2. The van der Waals surface area contributed by atoms with Crippen LogP contribution in [0.25, 0.3) is 6.08 Å². The summed E-state index contributed by atoms with van der Waals surface area (Å²) in [6.45, 7) is 4.55. The first-order chi connectivity index (χ1) is 19.5. The van der Waals surface area contributed by atoms with Gasteiger partial charge in [-0.1, -0.05) is 28.0 Å². The molecule has 1 unspecified atom stereocenters. The summed E-state index contributed by atoms with van der Waals surface area (Å²) in [5.74, 6) is -1.99. The average Bonchev–Trinajstić information content (AvgIpc) is 3.52. The summed E-state index contributed by atoms with van der Waals surface area (Å²) in [6, 6.07) is 0.374. The molecule has 2 aromatic rings. The van der Waals surface area contributed by atoms with E-state index in [1.54, 1.807) is 13.8 Å². The van der Waals surface area contributed by atoms with Gasteiger partial charge in [0.2, 0.25) is 6.29 Å². The van der Waals surface area contributed by atoms with E-state index in [-0.39, 0.29) is 33.2 Å². The molecule has 3 atom stereocenters. The van der Waals surface area contributed by atoms with Crippen LogP contribution in [-0.2, 0) is 28.6 Å². The molecule has 2 aromatic heterocycles. The maximum absolute atomic E-state index is 13.3. The van der Waals surface area contributed by atoms with Gasteiger partial charge in [0.25, 0.3) is 11.8 Å². The van der Waals surface area contributed by atoms with Crippen LogP contribution in [-0.4, -0.2) is 79.5 Å². The number of nitrogens with two attached hydrogens (primary N) is 1. The van der Waals surface area contributed by atoms with Gasteiger partial charge in [0.05, 0.1) is 6.10 Å². The van der Waals surface area contributed by atoms with Crippen molar-refractivity contribution in [2.75, 3.05) is 11.5 Å². The Labute approximate surface area is 245 Å². The summed E-state index contributed by atoms with van der Waals surface area (Å²) in [6.07, 6.45) is 0.168. The second-order valence-corrected chi connectivity index (χ2v) is 11.0. The molecule has 0 aromatic carbocycles. The lowest BCUT2D eigenvalue weighted by Gasteiger charge is -2.49. The lowest BCUT2D eigenvalue weighted by molar-refractivity contribution is -0.169. The normalized spacial score (nSPS) is 19.6. The number of anilines is 1. The Kier molecular flexibility index (Phi) is 9.19. The number of rotatable bonds is 9. The molecule has 2 aliphatic heterocycles. The SMILES string of the molecule is CC(C)OC(=O)OC(C)OC(=O)C1=C(/C=C\c2cc(Cl)no2)CS[C@@H]2[C@H](NC(=O)/C(=N\O)c3csc(N)n3)C(=O)N12. The highest BCUT2D eigenvalue weighted by atomic mass is 35.5. The van der Waals surface area contributed by atoms with Crippen LogP contribution in [0.5, 0.6) is 0 Å². The molecule has 2 aliphatic rings. The number of oxime groups is 1. The first-order valence-corrected chi connectivity index (χ1v) is 14.1. The average molecular weight is 627 g/mol. The summed E-state index contributed by atoms with van der Waals surface area (Å²) in [7, 11) is 0. The van der Waals surface area contributed by atoms with Crippen LogP contribution in [0.4, 0.5) is 9.93 Å². The Hall–Kier alpha value is -4.09. The van der Waals surface area contributed by atoms with Crippen molar-refractivity contribution in [2.24, 2.45) is 5.16 Å². The number of β-lactam (4-membered cyclic amide) rings is 1. The number of ether oxygens (including phenoxy) is 3. The lowest BCUT2D eigenvalue weighted by atomic mass is 10.0. The van der Waals surface area contributed by atoms with Crippen LogP contribution < -0.4 is 11.1 Å². The number of nitrogens with zero attached hydrogens (tertiary/aromatic N) is 4. The number of amides is 2. The number of thioether (sulfide) groups is 1. The molecule has 4 N–H and O–H groups in total. The lowest BCUT2D eigenvalue weighted by Crippen LogP contribution is -2.71. The van der Waals surface area contributed by atoms with E-state index < -0.39 is 53.5 Å². The number of hydrogen-bond acceptors (Lipinski definition) is 15. The van der Waals surface area contributed by atoms with Crippen molar-refractivity contribution in [2.45, 2.75) is 44.6 Å². The molecule has 41 heavy (non-hydrogen) atoms. The zero-order valence-corrected chi connectivity index (χ0v) is 24.0. The highest BCUT2D eigenvalue weighted by Gasteiger charge is 2.54. The number of nitrogen functional groups attached to an aromatic ring is 1. The van der Waals surface area contributed by atoms with Crippen LogP contribution in [0.3, 0.4) is 0 Å². The van der Waals surface area contributed by atoms with Crippen LogP contribution in [0.15, 0.2) is 38.5 Å². The van der Waals surface area contributed by atoms with Gasteiger partial charge in [-0.2, -0.15) is 0 Å². The standard InChI is InChI=1S/C23H23ClN6O9S2/c1-9(2)36-23(34)38-10(3)37-21(33)17-11(4-5-12-6-14(24)29-39-12)7-40-20-16(19(32)30(17)20)27-18(31)15(28-35)13-8-41-22(25)26-13/h4-6,8-10,16,20,35H,7H2,1-3H3,(H2,25,26)(H,27,31)/b5-4-,28-15-/t10?,16-,20-/m1/s1. The van der Waals surface area contributed by atoms with Gasteiger partial charge < -0.3 is 35.0 Å². The summed E-state index contributed by atoms with van der Waals surface area (Å²) >= 11 is 8.08. The molecule has 1 fully saturated rings. The smallest absolute Gasteiger partial charge is 0.431 e. The minimum atomic E-state index is -1.35. The maximum Gasteiger partial charge on any atom is 0.511 e. The number of aromatic nitrogens is 2. The van der Waals surface area contributed by atoms with Crippen molar-refractivity contribution in [3.8, 4) is 0 Å². The van der Waals surface area contributed by atoms with Gasteiger partial charge in [-0.25, -0.2) is 14.6 Å². The molecule has 0 saturated carbocycles. The van der Waals surface area contributed by atoms with Gasteiger partial charge in [0, 0.05) is 24.1 Å². The topological polar surface area (TPSA) is 209 Å². The molecule has 0 spiro atoms. The Bertz CT molecular complexity index is 1450.